The topological polar surface area (TPSA) is 26.3 Å². The molecule has 0 spiro atoms. The fraction of sp³-hybridized carbons (Fsp3) is 0.545. The highest BCUT2D eigenvalue weighted by Gasteiger charge is 2.07. The second-order valence-electron chi connectivity index (χ2n) is 2.92. The van der Waals surface area contributed by atoms with Crippen molar-refractivity contribution in [3.63, 3.8) is 0 Å². The van der Waals surface area contributed by atoms with Crippen LogP contribution in [0.25, 0.3) is 0 Å². The van der Waals surface area contributed by atoms with Crippen molar-refractivity contribution < 1.29 is 9.53 Å². The minimum absolute atomic E-state index is 0.137. The van der Waals surface area contributed by atoms with Gasteiger partial charge in [0.2, 0.25) is 0 Å². The molecule has 0 bridgehead atoms. The van der Waals surface area contributed by atoms with Gasteiger partial charge in [0.05, 0.1) is 0 Å². The number of rotatable bonds is 4. The average Bonchev–Trinajstić information content (AvgIpc) is 2.13. The highest BCUT2D eigenvalue weighted by atomic mass is 16.5. The Morgan fingerprint density at radius 1 is 1.54 bits per heavy atom. The van der Waals surface area contributed by atoms with Gasteiger partial charge in [0.25, 0.3) is 0 Å². The maximum atomic E-state index is 11.2. The summed E-state index contributed by atoms with van der Waals surface area (Å²) in [5, 5.41) is 0. The van der Waals surface area contributed by atoms with Crippen LogP contribution in [0.15, 0.2) is 23.8 Å². The molecule has 0 fully saturated rings. The minimum atomic E-state index is -0.240. The Bertz CT molecular complexity index is 214. The van der Waals surface area contributed by atoms with E-state index in [-0.39, 0.29) is 12.1 Å². The van der Waals surface area contributed by atoms with E-state index < -0.39 is 0 Å². The lowest BCUT2D eigenvalue weighted by Gasteiger charge is -2.08. The third-order valence-electron chi connectivity index (χ3n) is 1.69. The fourth-order valence-corrected chi connectivity index (χ4v) is 0.747. The predicted octanol–water partition coefficient (Wildman–Crippen LogP) is 2.85. The first-order chi connectivity index (χ1) is 6.11. The largest absolute Gasteiger partial charge is 0.455 e. The van der Waals surface area contributed by atoms with Crippen LogP contribution < -0.4 is 0 Å². The van der Waals surface area contributed by atoms with E-state index in [1.165, 1.54) is 0 Å². The van der Waals surface area contributed by atoms with Crippen LogP contribution in [-0.4, -0.2) is 12.1 Å². The summed E-state index contributed by atoms with van der Waals surface area (Å²) in [5.41, 5.74) is 0.650. The molecule has 2 heteroatoms. The summed E-state index contributed by atoms with van der Waals surface area (Å²) in [4.78, 5) is 11.2. The van der Waals surface area contributed by atoms with Crippen molar-refractivity contribution in [1.29, 1.82) is 0 Å². The summed E-state index contributed by atoms with van der Waals surface area (Å²) in [7, 11) is 0. The van der Waals surface area contributed by atoms with Crippen molar-refractivity contribution in [2.45, 2.75) is 40.2 Å². The van der Waals surface area contributed by atoms with Gasteiger partial charge < -0.3 is 4.74 Å². The van der Waals surface area contributed by atoms with Gasteiger partial charge in [-0.3, -0.25) is 0 Å². The Labute approximate surface area is 80.3 Å². The lowest BCUT2D eigenvalue weighted by molar-refractivity contribution is -0.141. The lowest BCUT2D eigenvalue weighted by Crippen LogP contribution is -2.13. The smallest absolute Gasteiger partial charge is 0.333 e. The molecule has 0 aromatic heterocycles. The first kappa shape index (κ1) is 11.9. The third kappa shape index (κ3) is 5.23. The van der Waals surface area contributed by atoms with E-state index in [1.54, 1.807) is 13.0 Å². The van der Waals surface area contributed by atoms with Crippen LogP contribution in [0.2, 0.25) is 0 Å². The number of carbonyl (C=O) groups excluding carboxylic acids is 1. The molecule has 0 aliphatic rings. The van der Waals surface area contributed by atoms with Gasteiger partial charge in [0.1, 0.15) is 6.10 Å². The summed E-state index contributed by atoms with van der Waals surface area (Å²) >= 11 is 0. The zero-order chi connectivity index (χ0) is 10.3. The standard InChI is InChI=1S/C11H18O2/c1-5-7-8-10(4)13-11(12)9(3)6-2/h6-8,10H,5H2,1-4H3/b8-7+,9-6-. The molecule has 0 N–H and O–H groups in total. The van der Waals surface area contributed by atoms with Gasteiger partial charge in [0, 0.05) is 5.57 Å². The number of hydrogen-bond donors (Lipinski definition) is 0. The molecule has 0 amide bonds. The Kier molecular flexibility index (Phi) is 5.94. The SMILES string of the molecule is C/C=C(/C)C(=O)OC(C)/C=C/CC. The van der Waals surface area contributed by atoms with Crippen molar-refractivity contribution in [1.82, 2.24) is 0 Å². The maximum Gasteiger partial charge on any atom is 0.333 e. The molecule has 0 aliphatic carbocycles. The van der Waals surface area contributed by atoms with Gasteiger partial charge in [-0.25, -0.2) is 4.79 Å². The Balaban J connectivity index is 3.99. The number of carbonyl (C=O) groups is 1. The third-order valence-corrected chi connectivity index (χ3v) is 1.69. The van der Waals surface area contributed by atoms with Crippen LogP contribution in [0, 0.1) is 0 Å². The normalized spacial score (nSPS) is 14.6. The molecule has 0 saturated heterocycles. The molecule has 1 atom stereocenters. The van der Waals surface area contributed by atoms with Crippen LogP contribution >= 0.6 is 0 Å². The van der Waals surface area contributed by atoms with E-state index in [4.69, 9.17) is 4.74 Å². The van der Waals surface area contributed by atoms with E-state index in [0.29, 0.717) is 5.57 Å². The number of hydrogen-bond acceptors (Lipinski definition) is 2. The van der Waals surface area contributed by atoms with E-state index in [0.717, 1.165) is 6.42 Å². The highest BCUT2D eigenvalue weighted by molar-refractivity contribution is 5.87. The fourth-order valence-electron chi connectivity index (χ4n) is 0.747. The predicted molar refractivity (Wildman–Crippen MR) is 54.4 cm³/mol. The van der Waals surface area contributed by atoms with Gasteiger partial charge in [-0.05, 0) is 33.3 Å². The van der Waals surface area contributed by atoms with Gasteiger partial charge in [-0.2, -0.15) is 0 Å². The second-order valence-corrected chi connectivity index (χ2v) is 2.92. The van der Waals surface area contributed by atoms with Gasteiger partial charge in [0.15, 0.2) is 0 Å². The summed E-state index contributed by atoms with van der Waals surface area (Å²) < 4.78 is 5.11. The Morgan fingerprint density at radius 2 is 2.15 bits per heavy atom. The molecular formula is C11H18O2. The molecule has 1 unspecified atom stereocenters. The summed E-state index contributed by atoms with van der Waals surface area (Å²) in [6, 6.07) is 0. The van der Waals surface area contributed by atoms with Crippen molar-refractivity contribution in [2.24, 2.45) is 0 Å². The van der Waals surface area contributed by atoms with Crippen LogP contribution in [0.5, 0.6) is 0 Å². The molecule has 0 aromatic carbocycles. The van der Waals surface area contributed by atoms with Crippen molar-refractivity contribution in [3.05, 3.63) is 23.8 Å². The Morgan fingerprint density at radius 3 is 2.62 bits per heavy atom. The van der Waals surface area contributed by atoms with Crippen molar-refractivity contribution >= 4 is 5.97 Å². The number of esters is 1. The zero-order valence-electron chi connectivity index (χ0n) is 8.83. The van der Waals surface area contributed by atoms with E-state index in [9.17, 15) is 4.79 Å². The van der Waals surface area contributed by atoms with Crippen LogP contribution in [0.4, 0.5) is 0 Å². The molecule has 0 heterocycles. The minimum Gasteiger partial charge on any atom is -0.455 e. The molecule has 0 rings (SSSR count). The monoisotopic (exact) mass is 182 g/mol. The van der Waals surface area contributed by atoms with E-state index in [2.05, 4.69) is 0 Å². The van der Waals surface area contributed by atoms with Crippen LogP contribution in [0.1, 0.15) is 34.1 Å². The lowest BCUT2D eigenvalue weighted by atomic mass is 10.3. The van der Waals surface area contributed by atoms with Gasteiger partial charge in [-0.1, -0.05) is 19.1 Å². The highest BCUT2D eigenvalue weighted by Crippen LogP contribution is 2.01. The van der Waals surface area contributed by atoms with E-state index >= 15 is 0 Å². The second kappa shape index (κ2) is 6.46. The molecule has 13 heavy (non-hydrogen) atoms. The molecule has 0 radical (unpaired) electrons. The molecule has 0 aliphatic heterocycles. The molecule has 0 aromatic rings. The van der Waals surface area contributed by atoms with Crippen molar-refractivity contribution in [2.75, 3.05) is 0 Å². The first-order valence-electron chi connectivity index (χ1n) is 4.62. The molecular weight excluding hydrogens is 164 g/mol. The first-order valence-corrected chi connectivity index (χ1v) is 4.62. The molecule has 2 nitrogen and oxygen atoms in total. The van der Waals surface area contributed by atoms with Crippen molar-refractivity contribution in [3.8, 4) is 0 Å². The Hall–Kier alpha value is -1.05. The average molecular weight is 182 g/mol. The van der Waals surface area contributed by atoms with Crippen LogP contribution in [0.3, 0.4) is 0 Å². The number of ether oxygens (including phenoxy) is 1. The summed E-state index contributed by atoms with van der Waals surface area (Å²) in [6.07, 6.45) is 6.45. The maximum absolute atomic E-state index is 11.2. The number of allylic oxidation sites excluding steroid dienone is 2. The molecule has 74 valence electrons. The molecule has 0 saturated carbocycles. The van der Waals surface area contributed by atoms with Gasteiger partial charge >= 0.3 is 5.97 Å². The van der Waals surface area contributed by atoms with Gasteiger partial charge in [-0.15, -0.1) is 0 Å². The quantitative estimate of drug-likeness (QED) is 0.379. The summed E-state index contributed by atoms with van der Waals surface area (Å²) in [6.45, 7) is 7.47. The summed E-state index contributed by atoms with van der Waals surface area (Å²) in [5.74, 6) is -0.240. The van der Waals surface area contributed by atoms with E-state index in [1.807, 2.05) is 32.9 Å². The zero-order valence-corrected chi connectivity index (χ0v) is 8.83. The van der Waals surface area contributed by atoms with Crippen LogP contribution in [-0.2, 0) is 9.53 Å².